The normalized spacial score (nSPS) is 29.9. The predicted octanol–water partition coefficient (Wildman–Crippen LogP) is 3.65. The first kappa shape index (κ1) is 22.3. The van der Waals surface area contributed by atoms with Crippen LogP contribution in [0, 0.1) is 0 Å². The molecule has 2 aromatic carbocycles. The fraction of sp³-hybridized carbons (Fsp3) is 0.455. The molecule has 8 atom stereocenters. The minimum atomic E-state index is -0.524. The summed E-state index contributed by atoms with van der Waals surface area (Å²) in [5, 5.41) is 0. The van der Waals surface area contributed by atoms with Gasteiger partial charge in [-0.1, -0.05) is 60.7 Å². The van der Waals surface area contributed by atoms with Crippen LogP contribution in [-0.4, -0.2) is 50.3 Å². The molecular formula is C22H28O6P2. The summed E-state index contributed by atoms with van der Waals surface area (Å²) in [5.41, 5.74) is 1.91. The van der Waals surface area contributed by atoms with Gasteiger partial charge in [0.1, 0.15) is 24.4 Å². The van der Waals surface area contributed by atoms with Crippen molar-refractivity contribution in [1.29, 1.82) is 0 Å². The van der Waals surface area contributed by atoms with Crippen LogP contribution in [0.15, 0.2) is 60.7 Å². The van der Waals surface area contributed by atoms with Gasteiger partial charge in [-0.15, -0.1) is 18.5 Å². The van der Waals surface area contributed by atoms with Gasteiger partial charge in [0.05, 0.1) is 25.9 Å². The molecule has 8 unspecified atom stereocenters. The molecule has 0 amide bonds. The van der Waals surface area contributed by atoms with Crippen molar-refractivity contribution in [2.75, 3.05) is 25.9 Å². The molecule has 0 aromatic heterocycles. The van der Waals surface area contributed by atoms with Gasteiger partial charge >= 0.3 is 0 Å². The van der Waals surface area contributed by atoms with E-state index in [1.807, 2.05) is 60.7 Å². The van der Waals surface area contributed by atoms with Crippen LogP contribution in [0.5, 0.6) is 0 Å². The molecule has 6 nitrogen and oxygen atoms in total. The molecule has 0 aliphatic carbocycles. The molecule has 2 aromatic rings. The number of hydrogen-bond acceptors (Lipinski definition) is 6. The number of rotatable bonds is 8. The quantitative estimate of drug-likeness (QED) is 0.573. The van der Waals surface area contributed by atoms with E-state index < -0.39 is 12.6 Å². The van der Waals surface area contributed by atoms with Gasteiger partial charge < -0.3 is 28.4 Å². The van der Waals surface area contributed by atoms with Crippen molar-refractivity contribution in [3.63, 3.8) is 0 Å². The maximum Gasteiger partial charge on any atom is 0.184 e. The Labute approximate surface area is 181 Å². The molecule has 162 valence electrons. The minimum absolute atomic E-state index is 0.277. The fourth-order valence-electron chi connectivity index (χ4n) is 3.76. The van der Waals surface area contributed by atoms with Gasteiger partial charge in [-0.25, -0.2) is 0 Å². The molecule has 2 heterocycles. The Kier molecular flexibility index (Phi) is 8.22. The maximum absolute atomic E-state index is 6.41. The van der Waals surface area contributed by atoms with E-state index in [0.717, 1.165) is 11.1 Å². The molecular weight excluding hydrogens is 422 g/mol. The highest BCUT2D eigenvalue weighted by atomic mass is 31.0. The fourth-order valence-corrected chi connectivity index (χ4v) is 4.14. The van der Waals surface area contributed by atoms with Gasteiger partial charge in [0.25, 0.3) is 0 Å². The molecule has 2 fully saturated rings. The maximum atomic E-state index is 6.41. The van der Waals surface area contributed by atoms with E-state index in [1.54, 1.807) is 0 Å². The predicted molar refractivity (Wildman–Crippen MR) is 119 cm³/mol. The number of ether oxygens (including phenoxy) is 6. The van der Waals surface area contributed by atoms with Crippen LogP contribution in [-0.2, 0) is 28.4 Å². The molecule has 8 heteroatoms. The van der Waals surface area contributed by atoms with E-state index in [1.165, 1.54) is 0 Å². The van der Waals surface area contributed by atoms with Crippen molar-refractivity contribution < 1.29 is 28.4 Å². The smallest absolute Gasteiger partial charge is 0.184 e. The average molecular weight is 450 g/mol. The van der Waals surface area contributed by atoms with Crippen LogP contribution in [0.4, 0.5) is 0 Å². The molecule has 2 aliphatic rings. The number of fused-ring (bicyclic) bond motifs is 1. The van der Waals surface area contributed by atoms with E-state index in [4.69, 9.17) is 28.4 Å². The highest BCUT2D eigenvalue weighted by Gasteiger charge is 2.48. The summed E-state index contributed by atoms with van der Waals surface area (Å²) in [6, 6.07) is 19.8. The zero-order valence-electron chi connectivity index (χ0n) is 16.7. The molecule has 0 radical (unpaired) electrons. The van der Waals surface area contributed by atoms with Crippen molar-refractivity contribution >= 4 is 18.5 Å². The van der Waals surface area contributed by atoms with Gasteiger partial charge in [-0.05, 0) is 0 Å². The number of hydrogen-bond donors (Lipinski definition) is 0. The summed E-state index contributed by atoms with van der Waals surface area (Å²) in [7, 11) is 5.16. The zero-order chi connectivity index (χ0) is 20.8. The van der Waals surface area contributed by atoms with Gasteiger partial charge in [0, 0.05) is 11.1 Å². The molecule has 2 aliphatic heterocycles. The lowest BCUT2D eigenvalue weighted by Gasteiger charge is -2.47. The van der Waals surface area contributed by atoms with Crippen molar-refractivity contribution in [2.45, 2.75) is 37.0 Å². The van der Waals surface area contributed by atoms with Crippen LogP contribution in [0.3, 0.4) is 0 Å². The van der Waals surface area contributed by atoms with Crippen LogP contribution in [0.25, 0.3) is 0 Å². The van der Waals surface area contributed by atoms with E-state index >= 15 is 0 Å². The minimum Gasteiger partial charge on any atom is -0.375 e. The first-order valence-corrected chi connectivity index (χ1v) is 11.7. The SMILES string of the molecule is PCOCC(OCP)C1OC(c2ccccc2)OC2COC(c3ccccc3)OC21. The summed E-state index contributed by atoms with van der Waals surface area (Å²) in [6.07, 6.45) is -1.32. The second kappa shape index (κ2) is 11.1. The summed E-state index contributed by atoms with van der Waals surface area (Å²) >= 11 is 0. The van der Waals surface area contributed by atoms with Crippen molar-refractivity contribution in [3.8, 4) is 0 Å². The third-order valence-corrected chi connectivity index (χ3v) is 5.61. The Balaban J connectivity index is 1.58. The lowest BCUT2D eigenvalue weighted by atomic mass is 9.99. The van der Waals surface area contributed by atoms with Gasteiger partial charge in [0.2, 0.25) is 0 Å². The largest absolute Gasteiger partial charge is 0.375 e. The van der Waals surface area contributed by atoms with Crippen molar-refractivity contribution in [2.24, 2.45) is 0 Å². The summed E-state index contributed by atoms with van der Waals surface area (Å²) < 4.78 is 36.7. The molecule has 0 saturated carbocycles. The van der Waals surface area contributed by atoms with Crippen LogP contribution in [0.2, 0.25) is 0 Å². The Morgan fingerprint density at radius 1 is 0.833 bits per heavy atom. The van der Waals surface area contributed by atoms with E-state index in [2.05, 4.69) is 18.5 Å². The number of benzene rings is 2. The monoisotopic (exact) mass is 450 g/mol. The lowest BCUT2D eigenvalue weighted by Crippen LogP contribution is -2.59. The molecule has 30 heavy (non-hydrogen) atoms. The van der Waals surface area contributed by atoms with Crippen LogP contribution >= 0.6 is 18.5 Å². The summed E-state index contributed by atoms with van der Waals surface area (Å²) in [5.74, 6) is 0. The highest BCUT2D eigenvalue weighted by Crippen LogP contribution is 2.39. The summed E-state index contributed by atoms with van der Waals surface area (Å²) in [6.45, 7) is 0.805. The average Bonchev–Trinajstić information content (AvgIpc) is 2.82. The molecule has 0 spiro atoms. The van der Waals surface area contributed by atoms with Crippen LogP contribution in [0.1, 0.15) is 23.7 Å². The van der Waals surface area contributed by atoms with Gasteiger partial charge in [-0.2, -0.15) is 0 Å². The topological polar surface area (TPSA) is 55.4 Å². The Hall–Kier alpha value is -0.940. The lowest BCUT2D eigenvalue weighted by molar-refractivity contribution is -0.375. The highest BCUT2D eigenvalue weighted by molar-refractivity contribution is 7.16. The van der Waals surface area contributed by atoms with Gasteiger partial charge in [-0.3, -0.25) is 0 Å². The second-order valence-corrected chi connectivity index (χ2v) is 7.77. The van der Waals surface area contributed by atoms with E-state index in [-0.39, 0.29) is 24.4 Å². The second-order valence-electron chi connectivity index (χ2n) is 7.10. The summed E-state index contributed by atoms with van der Waals surface area (Å²) in [4.78, 5) is 0. The first-order chi connectivity index (χ1) is 14.8. The van der Waals surface area contributed by atoms with Gasteiger partial charge in [0.15, 0.2) is 12.6 Å². The third-order valence-electron chi connectivity index (χ3n) is 5.18. The van der Waals surface area contributed by atoms with Crippen LogP contribution < -0.4 is 0 Å². The molecule has 2 saturated heterocycles. The van der Waals surface area contributed by atoms with E-state index in [9.17, 15) is 0 Å². The molecule has 0 bridgehead atoms. The molecule has 0 N–H and O–H groups in total. The van der Waals surface area contributed by atoms with E-state index in [0.29, 0.717) is 25.9 Å². The Bertz CT molecular complexity index is 765. The zero-order valence-corrected chi connectivity index (χ0v) is 19.0. The standard InChI is InChI=1S/C22H28O6P2/c29-13-23-11-17(25-14-30)19-20-18(26-22(28-19)16-9-5-2-6-10-16)12-24-21(27-20)15-7-3-1-4-8-15/h1-10,17-22H,11-14,29-30H2. The third kappa shape index (κ3) is 5.27. The van der Waals surface area contributed by atoms with Crippen molar-refractivity contribution in [1.82, 2.24) is 0 Å². The Morgan fingerprint density at radius 3 is 2.13 bits per heavy atom. The van der Waals surface area contributed by atoms with Crippen molar-refractivity contribution in [3.05, 3.63) is 71.8 Å². The Morgan fingerprint density at radius 2 is 1.50 bits per heavy atom. The first-order valence-electron chi connectivity index (χ1n) is 10.1. The molecule has 4 rings (SSSR count).